The van der Waals surface area contributed by atoms with E-state index in [2.05, 4.69) is 16.2 Å². The second-order valence-corrected chi connectivity index (χ2v) is 2.97. The Kier molecular flexibility index (Phi) is 4.31. The van der Waals surface area contributed by atoms with Crippen molar-refractivity contribution in [2.45, 2.75) is 0 Å². The van der Waals surface area contributed by atoms with Gasteiger partial charge >= 0.3 is 0 Å². The largest absolute Gasteiger partial charge is 0.330 e. The maximum absolute atomic E-state index is 5.15. The monoisotopic (exact) mass is 210 g/mol. The molecule has 4 nitrogen and oxygen atoms in total. The number of nitrogens with zero attached hydrogens (tertiary/aromatic N) is 1. The molecular formula is C9H14N4S. The van der Waals surface area contributed by atoms with Crippen LogP contribution in [-0.4, -0.2) is 24.3 Å². The molecule has 0 saturated heterocycles. The van der Waals surface area contributed by atoms with Gasteiger partial charge in [0.05, 0.1) is 0 Å². The van der Waals surface area contributed by atoms with E-state index in [0.717, 1.165) is 5.69 Å². The lowest BCUT2D eigenvalue weighted by atomic mass is 10.3. The van der Waals surface area contributed by atoms with E-state index in [1.807, 2.05) is 30.3 Å². The average molecular weight is 210 g/mol. The Morgan fingerprint density at radius 2 is 1.71 bits per heavy atom. The number of para-hydroxylation sites is 1. The van der Waals surface area contributed by atoms with Crippen LogP contribution in [0.4, 0.5) is 5.69 Å². The number of hydrogen-bond acceptors (Lipinski definition) is 3. The third kappa shape index (κ3) is 2.95. The molecule has 0 fully saturated rings. The van der Waals surface area contributed by atoms with Crippen LogP contribution in [0.5, 0.6) is 0 Å². The molecule has 3 N–H and O–H groups in total. The molecule has 0 saturated carbocycles. The van der Waals surface area contributed by atoms with Crippen molar-refractivity contribution < 1.29 is 0 Å². The molecule has 0 aliphatic rings. The van der Waals surface area contributed by atoms with Crippen molar-refractivity contribution in [2.75, 3.05) is 19.4 Å². The fourth-order valence-electron chi connectivity index (χ4n) is 1.02. The molecular weight excluding hydrogens is 196 g/mol. The number of benzene rings is 1. The lowest BCUT2D eigenvalue weighted by molar-refractivity contribution is 0.271. The molecule has 0 amide bonds. The predicted molar refractivity (Wildman–Crippen MR) is 62.6 cm³/mol. The topological polar surface area (TPSA) is 39.3 Å². The fourth-order valence-corrected chi connectivity index (χ4v) is 1.32. The zero-order valence-corrected chi connectivity index (χ0v) is 9.06. The Balaban J connectivity index is 2.57. The Morgan fingerprint density at radius 3 is 2.21 bits per heavy atom. The van der Waals surface area contributed by atoms with E-state index in [0.29, 0.717) is 5.11 Å². The van der Waals surface area contributed by atoms with Crippen molar-refractivity contribution >= 4 is 23.0 Å². The molecule has 0 radical (unpaired) electrons. The Bertz CT molecular complexity index is 284. The third-order valence-electron chi connectivity index (χ3n) is 1.68. The summed E-state index contributed by atoms with van der Waals surface area (Å²) in [5.74, 6) is 0. The first-order chi connectivity index (χ1) is 6.77. The fraction of sp³-hybridized carbons (Fsp3) is 0.222. The van der Waals surface area contributed by atoms with Crippen LogP contribution in [-0.2, 0) is 0 Å². The molecule has 0 aliphatic heterocycles. The second-order valence-electron chi connectivity index (χ2n) is 2.58. The van der Waals surface area contributed by atoms with E-state index in [4.69, 9.17) is 12.2 Å². The Hall–Kier alpha value is -1.17. The Morgan fingerprint density at radius 1 is 1.14 bits per heavy atom. The van der Waals surface area contributed by atoms with E-state index in [1.165, 1.54) is 0 Å². The van der Waals surface area contributed by atoms with Crippen LogP contribution < -0.4 is 16.2 Å². The zero-order chi connectivity index (χ0) is 10.4. The molecule has 5 heteroatoms. The highest BCUT2D eigenvalue weighted by Crippen LogP contribution is 2.05. The van der Waals surface area contributed by atoms with E-state index in [1.54, 1.807) is 19.2 Å². The van der Waals surface area contributed by atoms with Gasteiger partial charge < -0.3 is 5.32 Å². The third-order valence-corrected chi connectivity index (χ3v) is 1.96. The molecule has 1 rings (SSSR count). The van der Waals surface area contributed by atoms with Gasteiger partial charge in [0.15, 0.2) is 0 Å². The highest BCUT2D eigenvalue weighted by molar-refractivity contribution is 7.80. The van der Waals surface area contributed by atoms with Crippen molar-refractivity contribution in [1.29, 1.82) is 0 Å². The first-order valence-corrected chi connectivity index (χ1v) is 4.69. The summed E-state index contributed by atoms with van der Waals surface area (Å²) in [7, 11) is 3.57. The summed E-state index contributed by atoms with van der Waals surface area (Å²) < 4.78 is 0. The van der Waals surface area contributed by atoms with Gasteiger partial charge in [-0.2, -0.15) is 0 Å². The lowest BCUT2D eigenvalue weighted by Gasteiger charge is -2.22. The maximum atomic E-state index is 5.15. The molecule has 0 heterocycles. The summed E-state index contributed by atoms with van der Waals surface area (Å²) in [6, 6.07) is 9.77. The molecule has 1 aromatic rings. The molecule has 0 unspecified atom stereocenters. The second kappa shape index (κ2) is 5.54. The lowest BCUT2D eigenvalue weighted by Crippen LogP contribution is -2.50. The molecule has 14 heavy (non-hydrogen) atoms. The first kappa shape index (κ1) is 10.9. The number of hydrazine groups is 2. The van der Waals surface area contributed by atoms with Crippen LogP contribution in [0.1, 0.15) is 0 Å². The first-order valence-electron chi connectivity index (χ1n) is 4.29. The minimum Gasteiger partial charge on any atom is -0.330 e. The van der Waals surface area contributed by atoms with Crippen molar-refractivity contribution in [3.05, 3.63) is 30.3 Å². The van der Waals surface area contributed by atoms with Gasteiger partial charge in [-0.15, -0.1) is 0 Å². The van der Waals surface area contributed by atoms with E-state index < -0.39 is 0 Å². The van der Waals surface area contributed by atoms with Gasteiger partial charge in [-0.1, -0.05) is 18.2 Å². The molecule has 0 bridgehead atoms. The SMILES string of the molecule is CNN(NC)C(=S)Nc1ccccc1. The Labute approximate surface area is 89.2 Å². The number of anilines is 1. The van der Waals surface area contributed by atoms with Gasteiger partial charge in [0.1, 0.15) is 0 Å². The minimum absolute atomic E-state index is 0.571. The van der Waals surface area contributed by atoms with Crippen molar-refractivity contribution in [3.8, 4) is 0 Å². The predicted octanol–water partition coefficient (Wildman–Crippen LogP) is 0.954. The highest BCUT2D eigenvalue weighted by Gasteiger charge is 2.03. The summed E-state index contributed by atoms with van der Waals surface area (Å²) >= 11 is 5.15. The van der Waals surface area contributed by atoms with Crippen molar-refractivity contribution in [2.24, 2.45) is 0 Å². The van der Waals surface area contributed by atoms with Gasteiger partial charge in [-0.05, 0) is 24.4 Å². The summed E-state index contributed by atoms with van der Waals surface area (Å²) in [5, 5.41) is 5.26. The summed E-state index contributed by atoms with van der Waals surface area (Å²) in [6.07, 6.45) is 0. The van der Waals surface area contributed by atoms with Crippen LogP contribution in [0, 0.1) is 0 Å². The van der Waals surface area contributed by atoms with Crippen molar-refractivity contribution in [1.82, 2.24) is 16.0 Å². The smallest absolute Gasteiger partial charge is 0.203 e. The number of rotatable bonds is 3. The number of thiocarbonyl (C=S) groups is 1. The van der Waals surface area contributed by atoms with Crippen LogP contribution >= 0.6 is 12.2 Å². The zero-order valence-electron chi connectivity index (χ0n) is 8.24. The van der Waals surface area contributed by atoms with Gasteiger partial charge in [0.25, 0.3) is 0 Å². The number of nitrogens with one attached hydrogen (secondary N) is 3. The van der Waals surface area contributed by atoms with Crippen LogP contribution in [0.2, 0.25) is 0 Å². The van der Waals surface area contributed by atoms with Crippen LogP contribution in [0.25, 0.3) is 0 Å². The summed E-state index contributed by atoms with van der Waals surface area (Å²) in [4.78, 5) is 0. The van der Waals surface area contributed by atoms with Crippen molar-refractivity contribution in [3.63, 3.8) is 0 Å². The molecule has 76 valence electrons. The summed E-state index contributed by atoms with van der Waals surface area (Å²) in [6.45, 7) is 0. The van der Waals surface area contributed by atoms with Gasteiger partial charge in [0, 0.05) is 19.8 Å². The summed E-state index contributed by atoms with van der Waals surface area (Å²) in [5.41, 5.74) is 6.75. The van der Waals surface area contributed by atoms with Gasteiger partial charge in [0.2, 0.25) is 5.11 Å². The van der Waals surface area contributed by atoms with Gasteiger partial charge in [-0.3, -0.25) is 0 Å². The van der Waals surface area contributed by atoms with E-state index >= 15 is 0 Å². The average Bonchev–Trinajstić information content (AvgIpc) is 2.21. The van der Waals surface area contributed by atoms with E-state index in [9.17, 15) is 0 Å². The molecule has 1 aromatic carbocycles. The quantitative estimate of drug-likeness (QED) is 0.512. The minimum atomic E-state index is 0.571. The van der Waals surface area contributed by atoms with Crippen LogP contribution in [0.3, 0.4) is 0 Å². The van der Waals surface area contributed by atoms with Crippen LogP contribution in [0.15, 0.2) is 30.3 Å². The molecule has 0 aromatic heterocycles. The normalized spacial score (nSPS) is 9.57. The maximum Gasteiger partial charge on any atom is 0.203 e. The number of hydrogen-bond donors (Lipinski definition) is 3. The molecule has 0 spiro atoms. The standard InChI is InChI=1S/C9H14N4S/c1-10-13(11-2)9(14)12-8-6-4-3-5-7-8/h3-7,10-11H,1-2H3,(H,12,14). The molecule has 0 atom stereocenters. The van der Waals surface area contributed by atoms with E-state index in [-0.39, 0.29) is 0 Å². The van der Waals surface area contributed by atoms with Gasteiger partial charge in [-0.25, -0.2) is 16.0 Å². The highest BCUT2D eigenvalue weighted by atomic mass is 32.1. The molecule has 0 aliphatic carbocycles.